The molecule has 2 aromatic rings. The van der Waals surface area contributed by atoms with Gasteiger partial charge in [0.25, 0.3) is 5.91 Å². The summed E-state index contributed by atoms with van der Waals surface area (Å²) in [4.78, 5) is 24.4. The molecule has 5 heteroatoms. The van der Waals surface area contributed by atoms with Crippen molar-refractivity contribution in [3.8, 4) is 5.75 Å². The van der Waals surface area contributed by atoms with Gasteiger partial charge >= 0.3 is 0 Å². The van der Waals surface area contributed by atoms with Crippen LogP contribution in [-0.4, -0.2) is 18.4 Å². The molecule has 29 heavy (non-hydrogen) atoms. The van der Waals surface area contributed by atoms with Gasteiger partial charge in [-0.1, -0.05) is 45.6 Å². The van der Waals surface area contributed by atoms with Gasteiger partial charge in [-0.3, -0.25) is 9.59 Å². The highest BCUT2D eigenvalue weighted by atomic mass is 16.5. The molecule has 0 aliphatic heterocycles. The van der Waals surface area contributed by atoms with E-state index in [1.807, 2.05) is 18.2 Å². The standard InChI is InChI=1S/C24H32N2O3/c1-3-5-7-8-17-29-22-15-13-19(14-16-22)24(28)26-21-11-9-10-20(18-21)25-23(27)12-6-4-2/h9-11,13-16,18H,3-8,12,17H2,1-2H3,(H,25,27)(H,26,28). The van der Waals surface area contributed by atoms with Crippen LogP contribution in [0.5, 0.6) is 5.75 Å². The number of carbonyl (C=O) groups is 2. The van der Waals surface area contributed by atoms with E-state index < -0.39 is 0 Å². The fourth-order valence-electron chi connectivity index (χ4n) is 2.86. The van der Waals surface area contributed by atoms with Gasteiger partial charge in [-0.2, -0.15) is 0 Å². The van der Waals surface area contributed by atoms with Crippen molar-refractivity contribution in [1.29, 1.82) is 0 Å². The van der Waals surface area contributed by atoms with Gasteiger partial charge in [0.2, 0.25) is 5.91 Å². The van der Waals surface area contributed by atoms with Crippen LogP contribution < -0.4 is 15.4 Å². The Morgan fingerprint density at radius 2 is 1.52 bits per heavy atom. The third-order valence-corrected chi connectivity index (χ3v) is 4.54. The summed E-state index contributed by atoms with van der Waals surface area (Å²) in [5.74, 6) is 0.560. The lowest BCUT2D eigenvalue weighted by atomic mass is 10.2. The van der Waals surface area contributed by atoms with Gasteiger partial charge in [0.1, 0.15) is 5.75 Å². The zero-order valence-electron chi connectivity index (χ0n) is 17.5. The first-order chi connectivity index (χ1) is 14.1. The van der Waals surface area contributed by atoms with Crippen LogP contribution in [-0.2, 0) is 4.79 Å². The Labute approximate surface area is 173 Å². The van der Waals surface area contributed by atoms with Crippen molar-refractivity contribution >= 4 is 23.2 Å². The summed E-state index contributed by atoms with van der Waals surface area (Å²) >= 11 is 0. The molecule has 0 radical (unpaired) electrons. The Morgan fingerprint density at radius 1 is 0.828 bits per heavy atom. The maximum absolute atomic E-state index is 12.5. The number of hydrogen-bond acceptors (Lipinski definition) is 3. The van der Waals surface area contributed by atoms with E-state index in [0.717, 1.165) is 25.0 Å². The van der Waals surface area contributed by atoms with E-state index in [1.54, 1.807) is 30.3 Å². The van der Waals surface area contributed by atoms with E-state index >= 15 is 0 Å². The van der Waals surface area contributed by atoms with Crippen molar-refractivity contribution in [2.24, 2.45) is 0 Å². The second-order valence-corrected chi connectivity index (χ2v) is 7.12. The Morgan fingerprint density at radius 3 is 2.21 bits per heavy atom. The Balaban J connectivity index is 1.86. The van der Waals surface area contributed by atoms with Crippen LogP contribution in [0, 0.1) is 0 Å². The second-order valence-electron chi connectivity index (χ2n) is 7.12. The molecule has 0 spiro atoms. The molecule has 0 unspecified atom stereocenters. The molecular formula is C24H32N2O3. The Bertz CT molecular complexity index is 772. The number of amides is 2. The number of rotatable bonds is 12. The summed E-state index contributed by atoms with van der Waals surface area (Å²) in [5, 5.41) is 5.73. The van der Waals surface area contributed by atoms with Crippen LogP contribution in [0.3, 0.4) is 0 Å². The highest BCUT2D eigenvalue weighted by Crippen LogP contribution is 2.18. The SMILES string of the molecule is CCCCCCOc1ccc(C(=O)Nc2cccc(NC(=O)CCCC)c2)cc1. The van der Waals surface area contributed by atoms with Gasteiger partial charge in [-0.25, -0.2) is 0 Å². The van der Waals surface area contributed by atoms with Crippen molar-refractivity contribution < 1.29 is 14.3 Å². The zero-order chi connectivity index (χ0) is 20.9. The van der Waals surface area contributed by atoms with Gasteiger partial charge in [0, 0.05) is 23.4 Å². The average molecular weight is 397 g/mol. The number of hydrogen-bond donors (Lipinski definition) is 2. The Kier molecular flexibility index (Phi) is 9.76. The van der Waals surface area contributed by atoms with Crippen LogP contribution in [0.15, 0.2) is 48.5 Å². The molecule has 0 saturated heterocycles. The molecule has 0 aliphatic carbocycles. The van der Waals surface area contributed by atoms with Crippen LogP contribution in [0.4, 0.5) is 11.4 Å². The molecule has 2 aromatic carbocycles. The monoisotopic (exact) mass is 396 g/mol. The maximum Gasteiger partial charge on any atom is 0.255 e. The molecule has 0 heterocycles. The molecular weight excluding hydrogens is 364 g/mol. The molecule has 2 N–H and O–H groups in total. The van der Waals surface area contributed by atoms with E-state index in [-0.39, 0.29) is 11.8 Å². The number of nitrogens with one attached hydrogen (secondary N) is 2. The zero-order valence-corrected chi connectivity index (χ0v) is 17.5. The van der Waals surface area contributed by atoms with E-state index in [0.29, 0.717) is 30.0 Å². The van der Waals surface area contributed by atoms with Crippen molar-refractivity contribution in [2.45, 2.75) is 58.8 Å². The summed E-state index contributed by atoms with van der Waals surface area (Å²) in [6, 6.07) is 14.3. The minimum atomic E-state index is -0.200. The van der Waals surface area contributed by atoms with Crippen molar-refractivity contribution in [1.82, 2.24) is 0 Å². The first-order valence-corrected chi connectivity index (χ1v) is 10.6. The van der Waals surface area contributed by atoms with Crippen molar-refractivity contribution in [2.75, 3.05) is 17.2 Å². The molecule has 0 aliphatic rings. The number of ether oxygens (including phenoxy) is 1. The fourth-order valence-corrected chi connectivity index (χ4v) is 2.86. The van der Waals surface area contributed by atoms with E-state index in [9.17, 15) is 9.59 Å². The van der Waals surface area contributed by atoms with Crippen LogP contribution in [0.25, 0.3) is 0 Å². The van der Waals surface area contributed by atoms with Gasteiger partial charge in [0.15, 0.2) is 0 Å². The van der Waals surface area contributed by atoms with Gasteiger partial charge in [-0.05, 0) is 55.3 Å². The second kappa shape index (κ2) is 12.6. The molecule has 0 fully saturated rings. The molecule has 0 bridgehead atoms. The minimum absolute atomic E-state index is 0.0133. The minimum Gasteiger partial charge on any atom is -0.494 e. The van der Waals surface area contributed by atoms with Gasteiger partial charge < -0.3 is 15.4 Å². The molecule has 5 nitrogen and oxygen atoms in total. The lowest BCUT2D eigenvalue weighted by Gasteiger charge is -2.10. The van der Waals surface area contributed by atoms with Crippen LogP contribution in [0.2, 0.25) is 0 Å². The largest absolute Gasteiger partial charge is 0.494 e. The van der Waals surface area contributed by atoms with Crippen LogP contribution >= 0.6 is 0 Å². The maximum atomic E-state index is 12.5. The summed E-state index contributed by atoms with van der Waals surface area (Å²) in [5.41, 5.74) is 1.87. The lowest BCUT2D eigenvalue weighted by molar-refractivity contribution is -0.116. The molecule has 0 atom stereocenters. The third kappa shape index (κ3) is 8.38. The molecule has 156 valence electrons. The lowest BCUT2D eigenvalue weighted by Crippen LogP contribution is -2.13. The third-order valence-electron chi connectivity index (χ3n) is 4.54. The van der Waals surface area contributed by atoms with Crippen molar-refractivity contribution in [3.63, 3.8) is 0 Å². The number of unbranched alkanes of at least 4 members (excludes halogenated alkanes) is 4. The average Bonchev–Trinajstić information content (AvgIpc) is 2.73. The van der Waals surface area contributed by atoms with Gasteiger partial charge in [-0.15, -0.1) is 0 Å². The molecule has 0 saturated carbocycles. The van der Waals surface area contributed by atoms with E-state index in [4.69, 9.17) is 4.74 Å². The highest BCUT2D eigenvalue weighted by molar-refractivity contribution is 6.04. The summed E-state index contributed by atoms with van der Waals surface area (Å²) in [6.45, 7) is 4.93. The fraction of sp³-hybridized carbons (Fsp3) is 0.417. The van der Waals surface area contributed by atoms with Gasteiger partial charge in [0.05, 0.1) is 6.61 Å². The van der Waals surface area contributed by atoms with E-state index in [1.165, 1.54) is 19.3 Å². The predicted molar refractivity (Wildman–Crippen MR) is 119 cm³/mol. The van der Waals surface area contributed by atoms with E-state index in [2.05, 4.69) is 24.5 Å². The summed E-state index contributed by atoms with van der Waals surface area (Å²) < 4.78 is 5.71. The highest BCUT2D eigenvalue weighted by Gasteiger charge is 2.08. The number of anilines is 2. The molecule has 2 rings (SSSR count). The number of benzene rings is 2. The topological polar surface area (TPSA) is 67.4 Å². The Hall–Kier alpha value is -2.82. The number of carbonyl (C=O) groups excluding carboxylic acids is 2. The first-order valence-electron chi connectivity index (χ1n) is 10.6. The quantitative estimate of drug-likeness (QED) is 0.431. The molecule has 0 aromatic heterocycles. The predicted octanol–water partition coefficient (Wildman–Crippen LogP) is 6.03. The van der Waals surface area contributed by atoms with Crippen LogP contribution in [0.1, 0.15) is 69.2 Å². The first kappa shape index (κ1) is 22.5. The van der Waals surface area contributed by atoms with Crippen molar-refractivity contribution in [3.05, 3.63) is 54.1 Å². The summed E-state index contributed by atoms with van der Waals surface area (Å²) in [6.07, 6.45) is 6.99. The smallest absolute Gasteiger partial charge is 0.255 e. The summed E-state index contributed by atoms with van der Waals surface area (Å²) in [7, 11) is 0. The molecule has 2 amide bonds. The normalized spacial score (nSPS) is 10.4.